The molecule has 0 bridgehead atoms. The van der Waals surface area contributed by atoms with E-state index in [0.29, 0.717) is 6.10 Å². The van der Waals surface area contributed by atoms with E-state index in [4.69, 9.17) is 4.74 Å². The lowest BCUT2D eigenvalue weighted by atomic mass is 10.0. The number of rotatable bonds is 4. The van der Waals surface area contributed by atoms with Crippen LogP contribution in [0.1, 0.15) is 24.0 Å². The molecule has 15 heavy (non-hydrogen) atoms. The maximum atomic E-state index is 5.91. The highest BCUT2D eigenvalue weighted by molar-refractivity contribution is 5.42. The van der Waals surface area contributed by atoms with Crippen LogP contribution < -0.4 is 10.1 Å². The molecule has 0 saturated carbocycles. The Morgan fingerprint density at radius 2 is 2.33 bits per heavy atom. The van der Waals surface area contributed by atoms with Gasteiger partial charge in [0.25, 0.3) is 0 Å². The first kappa shape index (κ1) is 10.5. The van der Waals surface area contributed by atoms with E-state index in [2.05, 4.69) is 30.4 Å². The van der Waals surface area contributed by atoms with E-state index in [-0.39, 0.29) is 0 Å². The van der Waals surface area contributed by atoms with E-state index in [0.717, 1.165) is 25.1 Å². The molecule has 2 nitrogen and oxygen atoms in total. The number of hydrogen-bond acceptors (Lipinski definition) is 2. The van der Waals surface area contributed by atoms with Gasteiger partial charge in [0.1, 0.15) is 11.9 Å². The van der Waals surface area contributed by atoms with Crippen molar-refractivity contribution < 1.29 is 4.74 Å². The molecule has 1 aliphatic rings. The number of aryl methyl sites for hydroxylation is 1. The Hall–Kier alpha value is -1.02. The Kier molecular flexibility index (Phi) is 3.27. The minimum absolute atomic E-state index is 0.398. The number of fused-ring (bicyclic) bond motifs is 1. The van der Waals surface area contributed by atoms with Gasteiger partial charge < -0.3 is 10.1 Å². The van der Waals surface area contributed by atoms with E-state index in [1.54, 1.807) is 0 Å². The average molecular weight is 205 g/mol. The Morgan fingerprint density at radius 3 is 3.07 bits per heavy atom. The highest BCUT2D eigenvalue weighted by Crippen LogP contribution is 2.32. The van der Waals surface area contributed by atoms with Gasteiger partial charge in [-0.1, -0.05) is 12.1 Å². The van der Waals surface area contributed by atoms with Crippen molar-refractivity contribution in [1.82, 2.24) is 5.32 Å². The van der Waals surface area contributed by atoms with Gasteiger partial charge in [0, 0.05) is 12.0 Å². The second kappa shape index (κ2) is 4.67. The molecule has 1 aromatic carbocycles. The van der Waals surface area contributed by atoms with E-state index in [1.165, 1.54) is 17.5 Å². The summed E-state index contributed by atoms with van der Waals surface area (Å²) >= 11 is 0. The zero-order valence-electron chi connectivity index (χ0n) is 9.55. The standard InChI is InChI=1S/C13H19NO/c1-10-5-3-7-13-12(10)9-11(15-13)6-4-8-14-2/h3,5,7,11,14H,4,6,8-9H2,1-2H3. The third-order valence-electron chi connectivity index (χ3n) is 3.05. The number of nitrogens with one attached hydrogen (secondary N) is 1. The molecule has 0 aliphatic carbocycles. The summed E-state index contributed by atoms with van der Waals surface area (Å²) in [5.41, 5.74) is 2.77. The second-order valence-corrected chi connectivity index (χ2v) is 4.24. The lowest BCUT2D eigenvalue weighted by molar-refractivity contribution is 0.218. The smallest absolute Gasteiger partial charge is 0.123 e. The lowest BCUT2D eigenvalue weighted by Gasteiger charge is -2.09. The minimum Gasteiger partial charge on any atom is -0.490 e. The molecule has 1 aliphatic heterocycles. The van der Waals surface area contributed by atoms with Gasteiger partial charge in [-0.15, -0.1) is 0 Å². The predicted octanol–water partition coefficient (Wildman–Crippen LogP) is 2.30. The van der Waals surface area contributed by atoms with E-state index in [1.807, 2.05) is 7.05 Å². The first-order valence-corrected chi connectivity index (χ1v) is 5.71. The summed E-state index contributed by atoms with van der Waals surface area (Å²) < 4.78 is 5.91. The van der Waals surface area contributed by atoms with Gasteiger partial charge >= 0.3 is 0 Å². The molecule has 2 heteroatoms. The molecule has 1 aromatic rings. The van der Waals surface area contributed by atoms with E-state index >= 15 is 0 Å². The van der Waals surface area contributed by atoms with Crippen LogP contribution in [0.5, 0.6) is 5.75 Å². The molecule has 0 spiro atoms. The number of ether oxygens (including phenoxy) is 1. The molecular weight excluding hydrogens is 186 g/mol. The highest BCUT2D eigenvalue weighted by Gasteiger charge is 2.23. The summed E-state index contributed by atoms with van der Waals surface area (Å²) in [4.78, 5) is 0. The van der Waals surface area contributed by atoms with Crippen LogP contribution in [0.4, 0.5) is 0 Å². The summed E-state index contributed by atoms with van der Waals surface area (Å²) in [5.74, 6) is 1.10. The third-order valence-corrected chi connectivity index (χ3v) is 3.05. The van der Waals surface area contributed by atoms with Crippen molar-refractivity contribution in [3.63, 3.8) is 0 Å². The summed E-state index contributed by atoms with van der Waals surface area (Å²) in [6.45, 7) is 3.24. The quantitative estimate of drug-likeness (QED) is 0.762. The predicted molar refractivity (Wildman–Crippen MR) is 62.5 cm³/mol. The Morgan fingerprint density at radius 1 is 1.47 bits per heavy atom. The minimum atomic E-state index is 0.398. The summed E-state index contributed by atoms with van der Waals surface area (Å²) in [6.07, 6.45) is 3.82. The van der Waals surface area contributed by atoms with E-state index < -0.39 is 0 Å². The van der Waals surface area contributed by atoms with Crippen molar-refractivity contribution in [1.29, 1.82) is 0 Å². The topological polar surface area (TPSA) is 21.3 Å². The molecule has 0 aromatic heterocycles. The first-order valence-electron chi connectivity index (χ1n) is 5.71. The Bertz CT molecular complexity index is 335. The zero-order chi connectivity index (χ0) is 10.7. The van der Waals surface area contributed by atoms with Gasteiger partial charge in [0.15, 0.2) is 0 Å². The fourth-order valence-corrected chi connectivity index (χ4v) is 2.16. The molecule has 1 N–H and O–H groups in total. The Balaban J connectivity index is 1.94. The Labute approximate surface area is 91.6 Å². The van der Waals surface area contributed by atoms with Gasteiger partial charge in [-0.3, -0.25) is 0 Å². The molecule has 0 fully saturated rings. The van der Waals surface area contributed by atoms with Crippen molar-refractivity contribution in [2.24, 2.45) is 0 Å². The van der Waals surface area contributed by atoms with Crippen LogP contribution in [0.3, 0.4) is 0 Å². The number of hydrogen-bond donors (Lipinski definition) is 1. The molecular formula is C13H19NO. The SMILES string of the molecule is CNCCCC1Cc2c(C)cccc2O1. The van der Waals surface area contributed by atoms with Crippen molar-refractivity contribution in [2.75, 3.05) is 13.6 Å². The lowest BCUT2D eigenvalue weighted by Crippen LogP contribution is -2.16. The van der Waals surface area contributed by atoms with Crippen LogP contribution in [0.25, 0.3) is 0 Å². The summed E-state index contributed by atoms with van der Waals surface area (Å²) in [5, 5.41) is 3.17. The molecule has 2 rings (SSSR count). The molecule has 82 valence electrons. The van der Waals surface area contributed by atoms with Crippen LogP contribution in [-0.4, -0.2) is 19.7 Å². The summed E-state index contributed by atoms with van der Waals surface area (Å²) in [7, 11) is 1.99. The van der Waals surface area contributed by atoms with Crippen molar-refractivity contribution in [2.45, 2.75) is 32.3 Å². The molecule has 0 radical (unpaired) electrons. The molecule has 1 atom stereocenters. The fourth-order valence-electron chi connectivity index (χ4n) is 2.16. The highest BCUT2D eigenvalue weighted by atomic mass is 16.5. The van der Waals surface area contributed by atoms with E-state index in [9.17, 15) is 0 Å². The maximum absolute atomic E-state index is 5.91. The van der Waals surface area contributed by atoms with Gasteiger partial charge in [-0.05, 0) is 45.0 Å². The van der Waals surface area contributed by atoms with Crippen molar-refractivity contribution in [3.8, 4) is 5.75 Å². The molecule has 1 heterocycles. The maximum Gasteiger partial charge on any atom is 0.123 e. The van der Waals surface area contributed by atoms with Gasteiger partial charge in [0.05, 0.1) is 0 Å². The third kappa shape index (κ3) is 2.32. The largest absolute Gasteiger partial charge is 0.490 e. The fraction of sp³-hybridized carbons (Fsp3) is 0.538. The van der Waals surface area contributed by atoms with Gasteiger partial charge in [0.2, 0.25) is 0 Å². The molecule has 0 amide bonds. The normalized spacial score (nSPS) is 18.7. The van der Waals surface area contributed by atoms with Crippen molar-refractivity contribution >= 4 is 0 Å². The van der Waals surface area contributed by atoms with Crippen LogP contribution in [0.2, 0.25) is 0 Å². The van der Waals surface area contributed by atoms with Crippen LogP contribution >= 0.6 is 0 Å². The average Bonchev–Trinajstić information content (AvgIpc) is 2.63. The monoisotopic (exact) mass is 205 g/mol. The van der Waals surface area contributed by atoms with Crippen molar-refractivity contribution in [3.05, 3.63) is 29.3 Å². The van der Waals surface area contributed by atoms with Crippen LogP contribution in [0, 0.1) is 6.92 Å². The molecule has 1 unspecified atom stereocenters. The second-order valence-electron chi connectivity index (χ2n) is 4.24. The van der Waals surface area contributed by atoms with Crippen LogP contribution in [0.15, 0.2) is 18.2 Å². The molecule has 0 saturated heterocycles. The number of benzene rings is 1. The van der Waals surface area contributed by atoms with Gasteiger partial charge in [-0.25, -0.2) is 0 Å². The first-order chi connectivity index (χ1) is 7.31. The zero-order valence-corrected chi connectivity index (χ0v) is 9.55. The summed E-state index contributed by atoms with van der Waals surface area (Å²) in [6, 6.07) is 6.32. The van der Waals surface area contributed by atoms with Crippen LogP contribution in [-0.2, 0) is 6.42 Å². The van der Waals surface area contributed by atoms with Gasteiger partial charge in [-0.2, -0.15) is 0 Å².